The van der Waals surface area contributed by atoms with Crippen LogP contribution in [0, 0.1) is 0 Å². The van der Waals surface area contributed by atoms with Crippen LogP contribution in [0.15, 0.2) is 0 Å². The zero-order valence-electron chi connectivity index (χ0n) is 9.53. The second-order valence-corrected chi connectivity index (χ2v) is 4.60. The van der Waals surface area contributed by atoms with Crippen LogP contribution in [0.3, 0.4) is 0 Å². The fourth-order valence-electron chi connectivity index (χ4n) is 2.30. The summed E-state index contributed by atoms with van der Waals surface area (Å²) in [6.45, 7) is 0. The van der Waals surface area contributed by atoms with Crippen molar-refractivity contribution in [2.24, 2.45) is 0 Å². The minimum Gasteiger partial charge on any atom is -0.0533 e. The van der Waals surface area contributed by atoms with Gasteiger partial charge in [-0.3, -0.25) is 0 Å². The van der Waals surface area contributed by atoms with Crippen LogP contribution in [-0.4, -0.2) is 0 Å². The third-order valence-electron chi connectivity index (χ3n) is 3.25. The van der Waals surface area contributed by atoms with Crippen LogP contribution in [0.4, 0.5) is 0 Å². The van der Waals surface area contributed by atoms with Gasteiger partial charge in [-0.25, -0.2) is 0 Å². The van der Waals surface area contributed by atoms with Crippen molar-refractivity contribution in [2.45, 2.75) is 83.5 Å². The second kappa shape index (κ2) is 11.7. The first kappa shape index (κ1) is 14.6. The molecular formula is C13H26Rh. The summed E-state index contributed by atoms with van der Waals surface area (Å²) < 4.78 is 0. The van der Waals surface area contributed by atoms with Crippen LogP contribution in [0.5, 0.6) is 0 Å². The minimum absolute atomic E-state index is 0. The quantitative estimate of drug-likeness (QED) is 0.545. The van der Waals surface area contributed by atoms with E-state index in [1.165, 1.54) is 83.5 Å². The van der Waals surface area contributed by atoms with Gasteiger partial charge in [-0.15, -0.1) is 0 Å². The maximum absolute atomic E-state index is 1.50. The van der Waals surface area contributed by atoms with Crippen molar-refractivity contribution in [3.63, 3.8) is 0 Å². The topological polar surface area (TPSA) is 0 Å². The van der Waals surface area contributed by atoms with Gasteiger partial charge in [0, 0.05) is 19.5 Å². The molecule has 0 aliphatic heterocycles. The minimum atomic E-state index is 0. The van der Waals surface area contributed by atoms with E-state index < -0.39 is 0 Å². The van der Waals surface area contributed by atoms with Gasteiger partial charge in [0.25, 0.3) is 0 Å². The van der Waals surface area contributed by atoms with E-state index in [9.17, 15) is 0 Å². The summed E-state index contributed by atoms with van der Waals surface area (Å²) in [4.78, 5) is 0. The molecule has 0 amide bonds. The molecule has 0 bridgehead atoms. The van der Waals surface area contributed by atoms with E-state index in [4.69, 9.17) is 0 Å². The summed E-state index contributed by atoms with van der Waals surface area (Å²) in [7, 11) is 0. The SMILES string of the molecule is C1CCCC1.C1CCCCCCC1.[Rh]. The second-order valence-electron chi connectivity index (χ2n) is 4.60. The Morgan fingerprint density at radius 3 is 0.357 bits per heavy atom. The fourth-order valence-corrected chi connectivity index (χ4v) is 2.30. The molecule has 1 radical (unpaired) electrons. The van der Waals surface area contributed by atoms with E-state index in [2.05, 4.69) is 0 Å². The number of hydrogen-bond donors (Lipinski definition) is 0. The van der Waals surface area contributed by atoms with Gasteiger partial charge in [-0.2, -0.15) is 0 Å². The molecule has 2 fully saturated rings. The molecule has 14 heavy (non-hydrogen) atoms. The van der Waals surface area contributed by atoms with Gasteiger partial charge in [-0.1, -0.05) is 83.5 Å². The average Bonchev–Trinajstić information content (AvgIpc) is 2.58. The largest absolute Gasteiger partial charge is 0.0533 e. The summed E-state index contributed by atoms with van der Waals surface area (Å²) >= 11 is 0. The molecule has 2 aliphatic rings. The summed E-state index contributed by atoms with van der Waals surface area (Å²) in [6.07, 6.45) is 19.5. The molecule has 0 aromatic carbocycles. The standard InChI is InChI=1S/C8H16.C5H10.Rh/c1-2-4-6-8-7-5-3-1;1-2-4-5-3-1;/h1-8H2;1-5H2;. The maximum Gasteiger partial charge on any atom is 0 e. The monoisotopic (exact) mass is 285 g/mol. The van der Waals surface area contributed by atoms with Crippen LogP contribution in [0.2, 0.25) is 0 Å². The molecule has 0 nitrogen and oxygen atoms in total. The molecule has 1 heteroatoms. The van der Waals surface area contributed by atoms with Gasteiger partial charge < -0.3 is 0 Å². The number of rotatable bonds is 0. The van der Waals surface area contributed by atoms with Crippen molar-refractivity contribution in [2.75, 3.05) is 0 Å². The van der Waals surface area contributed by atoms with E-state index in [1.807, 2.05) is 0 Å². The Balaban J connectivity index is 0.000000246. The predicted octanol–water partition coefficient (Wildman–Crippen LogP) is 5.07. The number of hydrogen-bond acceptors (Lipinski definition) is 0. The molecule has 2 aliphatic carbocycles. The van der Waals surface area contributed by atoms with E-state index in [1.54, 1.807) is 0 Å². The smallest absolute Gasteiger partial charge is 0 e. The van der Waals surface area contributed by atoms with Crippen LogP contribution in [0.25, 0.3) is 0 Å². The first-order chi connectivity index (χ1) is 6.50. The third kappa shape index (κ3) is 9.19. The van der Waals surface area contributed by atoms with Gasteiger partial charge >= 0.3 is 0 Å². The van der Waals surface area contributed by atoms with E-state index in [0.717, 1.165) is 0 Å². The summed E-state index contributed by atoms with van der Waals surface area (Å²) in [5, 5.41) is 0. The normalized spacial score (nSPS) is 22.3. The van der Waals surface area contributed by atoms with Gasteiger partial charge in [0.15, 0.2) is 0 Å². The molecular weight excluding hydrogens is 259 g/mol. The van der Waals surface area contributed by atoms with Gasteiger partial charge in [0.05, 0.1) is 0 Å². The van der Waals surface area contributed by atoms with Crippen molar-refractivity contribution in [3.8, 4) is 0 Å². The molecule has 2 rings (SSSR count). The Morgan fingerprint density at radius 2 is 0.286 bits per heavy atom. The van der Waals surface area contributed by atoms with E-state index in [0.29, 0.717) is 0 Å². The Bertz CT molecular complexity index is 65.8. The molecule has 0 aromatic heterocycles. The van der Waals surface area contributed by atoms with Crippen LogP contribution in [-0.2, 0) is 19.5 Å². The van der Waals surface area contributed by atoms with Crippen molar-refractivity contribution >= 4 is 0 Å². The third-order valence-corrected chi connectivity index (χ3v) is 3.25. The van der Waals surface area contributed by atoms with Crippen LogP contribution >= 0.6 is 0 Å². The molecule has 0 aromatic rings. The summed E-state index contributed by atoms with van der Waals surface area (Å²) in [5.41, 5.74) is 0. The Labute approximate surface area is 103 Å². The zero-order valence-corrected chi connectivity index (χ0v) is 11.2. The zero-order chi connectivity index (χ0) is 9.19. The summed E-state index contributed by atoms with van der Waals surface area (Å²) in [5.74, 6) is 0. The Kier molecular flexibility index (Phi) is 12.2. The molecule has 0 atom stereocenters. The average molecular weight is 285 g/mol. The maximum atomic E-state index is 1.50. The molecule has 2 saturated carbocycles. The van der Waals surface area contributed by atoms with Gasteiger partial charge in [-0.05, 0) is 0 Å². The van der Waals surface area contributed by atoms with Gasteiger partial charge in [0.2, 0.25) is 0 Å². The van der Waals surface area contributed by atoms with E-state index in [-0.39, 0.29) is 19.5 Å². The molecule has 87 valence electrons. The first-order valence-corrected chi connectivity index (χ1v) is 6.50. The molecule has 0 heterocycles. The van der Waals surface area contributed by atoms with Crippen molar-refractivity contribution in [3.05, 3.63) is 0 Å². The fraction of sp³-hybridized carbons (Fsp3) is 1.00. The van der Waals surface area contributed by atoms with Gasteiger partial charge in [0.1, 0.15) is 0 Å². The van der Waals surface area contributed by atoms with Crippen LogP contribution in [0.1, 0.15) is 83.5 Å². The Morgan fingerprint density at radius 1 is 0.214 bits per heavy atom. The van der Waals surface area contributed by atoms with Crippen LogP contribution < -0.4 is 0 Å². The van der Waals surface area contributed by atoms with Crippen molar-refractivity contribution in [1.29, 1.82) is 0 Å². The summed E-state index contributed by atoms with van der Waals surface area (Å²) in [6, 6.07) is 0. The predicted molar refractivity (Wildman–Crippen MR) is 60.0 cm³/mol. The van der Waals surface area contributed by atoms with Crippen molar-refractivity contribution < 1.29 is 19.5 Å². The molecule has 0 spiro atoms. The molecule has 0 N–H and O–H groups in total. The molecule has 0 saturated heterocycles. The Hall–Kier alpha value is 0.623. The van der Waals surface area contributed by atoms with Crippen molar-refractivity contribution in [1.82, 2.24) is 0 Å². The first-order valence-electron chi connectivity index (χ1n) is 6.50. The molecule has 0 unspecified atom stereocenters. The van der Waals surface area contributed by atoms with E-state index >= 15 is 0 Å².